The minimum Gasteiger partial charge on any atom is -0.475 e. The number of nitro benzene ring substituents is 2. The zero-order valence-corrected chi connectivity index (χ0v) is 12.7. The molecular formula is C13H16N2O7. The van der Waals surface area contributed by atoms with Crippen LogP contribution in [0.2, 0.25) is 0 Å². The summed E-state index contributed by atoms with van der Waals surface area (Å²) in [6, 6.07) is 0. The first-order chi connectivity index (χ1) is 10.2. The molecule has 0 aromatic heterocycles. The zero-order valence-electron chi connectivity index (χ0n) is 12.7. The zero-order chi connectivity index (χ0) is 17.0. The van der Waals surface area contributed by atoms with Crippen molar-refractivity contribution in [2.75, 3.05) is 13.2 Å². The molecule has 0 aliphatic rings. The highest BCUT2D eigenvalue weighted by molar-refractivity contribution is 5.73. The number of nitro groups is 2. The maximum Gasteiger partial charge on any atom is 0.344 e. The fraction of sp³-hybridized carbons (Fsp3) is 0.462. The van der Waals surface area contributed by atoms with Crippen molar-refractivity contribution in [1.29, 1.82) is 0 Å². The van der Waals surface area contributed by atoms with E-state index in [9.17, 15) is 25.0 Å². The number of rotatable bonds is 6. The normalized spacial score (nSPS) is 10.2. The largest absolute Gasteiger partial charge is 0.475 e. The Labute approximate surface area is 126 Å². The van der Waals surface area contributed by atoms with Crippen molar-refractivity contribution in [1.82, 2.24) is 0 Å². The summed E-state index contributed by atoms with van der Waals surface area (Å²) in [6.45, 7) is 5.48. The molecule has 9 heteroatoms. The van der Waals surface area contributed by atoms with Crippen LogP contribution in [-0.4, -0.2) is 29.0 Å². The van der Waals surface area contributed by atoms with Crippen molar-refractivity contribution in [3.63, 3.8) is 0 Å². The molecule has 0 aliphatic heterocycles. The van der Waals surface area contributed by atoms with Crippen molar-refractivity contribution >= 4 is 17.3 Å². The van der Waals surface area contributed by atoms with Gasteiger partial charge >= 0.3 is 11.7 Å². The van der Waals surface area contributed by atoms with Crippen molar-refractivity contribution in [2.45, 2.75) is 27.7 Å². The molecule has 0 radical (unpaired) electrons. The third-order valence-corrected chi connectivity index (χ3v) is 3.19. The maximum absolute atomic E-state index is 11.3. The molecular weight excluding hydrogens is 296 g/mol. The molecule has 1 aromatic carbocycles. The van der Waals surface area contributed by atoms with Crippen LogP contribution < -0.4 is 4.74 Å². The third kappa shape index (κ3) is 3.30. The minimum absolute atomic E-state index is 0.114. The second-order valence-corrected chi connectivity index (χ2v) is 4.51. The van der Waals surface area contributed by atoms with E-state index in [-0.39, 0.29) is 34.7 Å². The smallest absolute Gasteiger partial charge is 0.344 e. The molecule has 0 bridgehead atoms. The molecule has 0 spiro atoms. The standard InChI is InChI=1S/C13H16N2O7/c1-5-21-10(16)6-22-13-8(3)7(2)11(14(17)18)9(4)12(13)15(19)20/h5-6H2,1-4H3. The van der Waals surface area contributed by atoms with Crippen LogP contribution in [0.5, 0.6) is 5.75 Å². The fourth-order valence-corrected chi connectivity index (χ4v) is 2.09. The molecule has 0 aliphatic carbocycles. The first kappa shape index (κ1) is 17.3. The van der Waals surface area contributed by atoms with E-state index in [2.05, 4.69) is 4.74 Å². The Hall–Kier alpha value is -2.71. The number of ether oxygens (including phenoxy) is 2. The van der Waals surface area contributed by atoms with Crippen LogP contribution in [0.4, 0.5) is 11.4 Å². The Kier molecular flexibility index (Phi) is 5.39. The van der Waals surface area contributed by atoms with Gasteiger partial charge in [0.05, 0.1) is 16.5 Å². The van der Waals surface area contributed by atoms with E-state index in [4.69, 9.17) is 4.74 Å². The van der Waals surface area contributed by atoms with Crippen LogP contribution >= 0.6 is 0 Å². The van der Waals surface area contributed by atoms with Crippen LogP contribution in [0.3, 0.4) is 0 Å². The molecule has 0 heterocycles. The number of hydrogen-bond donors (Lipinski definition) is 0. The van der Waals surface area contributed by atoms with Gasteiger partial charge in [-0.25, -0.2) is 4.79 Å². The van der Waals surface area contributed by atoms with E-state index in [1.165, 1.54) is 20.8 Å². The van der Waals surface area contributed by atoms with Gasteiger partial charge in [0.1, 0.15) is 5.56 Å². The van der Waals surface area contributed by atoms with Gasteiger partial charge < -0.3 is 9.47 Å². The van der Waals surface area contributed by atoms with Gasteiger partial charge in [0.15, 0.2) is 6.61 Å². The second kappa shape index (κ2) is 6.83. The van der Waals surface area contributed by atoms with Gasteiger partial charge in [0.25, 0.3) is 5.69 Å². The minimum atomic E-state index is -0.755. The number of carbonyl (C=O) groups excluding carboxylic acids is 1. The van der Waals surface area contributed by atoms with Gasteiger partial charge in [-0.15, -0.1) is 0 Å². The van der Waals surface area contributed by atoms with Crippen LogP contribution in [0, 0.1) is 41.0 Å². The summed E-state index contributed by atoms with van der Waals surface area (Å²) in [5.41, 5.74) is -0.455. The van der Waals surface area contributed by atoms with Gasteiger partial charge in [-0.1, -0.05) is 0 Å². The van der Waals surface area contributed by atoms with Gasteiger partial charge in [-0.3, -0.25) is 20.2 Å². The highest BCUT2D eigenvalue weighted by Gasteiger charge is 2.32. The summed E-state index contributed by atoms with van der Waals surface area (Å²) in [5.74, 6) is -0.830. The van der Waals surface area contributed by atoms with E-state index >= 15 is 0 Å². The molecule has 0 saturated heterocycles. The van der Waals surface area contributed by atoms with Gasteiger partial charge in [-0.05, 0) is 27.7 Å². The van der Waals surface area contributed by atoms with E-state index in [1.807, 2.05) is 0 Å². The Morgan fingerprint density at radius 2 is 1.55 bits per heavy atom. The highest BCUT2D eigenvalue weighted by atomic mass is 16.6. The first-order valence-corrected chi connectivity index (χ1v) is 6.43. The third-order valence-electron chi connectivity index (χ3n) is 3.19. The number of hydrogen-bond acceptors (Lipinski definition) is 7. The lowest BCUT2D eigenvalue weighted by Crippen LogP contribution is -2.16. The predicted octanol–water partition coefficient (Wildman–Crippen LogP) is 2.37. The Bertz CT molecular complexity index is 640. The first-order valence-electron chi connectivity index (χ1n) is 6.43. The molecule has 0 fully saturated rings. The Morgan fingerprint density at radius 1 is 1.00 bits per heavy atom. The van der Waals surface area contributed by atoms with Crippen LogP contribution in [-0.2, 0) is 9.53 Å². The lowest BCUT2D eigenvalue weighted by molar-refractivity contribution is -0.396. The van der Waals surface area contributed by atoms with Crippen molar-refractivity contribution in [2.24, 2.45) is 0 Å². The van der Waals surface area contributed by atoms with Gasteiger partial charge in [-0.2, -0.15) is 0 Å². The van der Waals surface area contributed by atoms with Crippen molar-refractivity contribution in [3.8, 4) is 5.75 Å². The molecule has 0 atom stereocenters. The molecule has 0 N–H and O–H groups in total. The summed E-state index contributed by atoms with van der Waals surface area (Å²) in [4.78, 5) is 32.2. The topological polar surface area (TPSA) is 122 Å². The number of carbonyl (C=O) groups is 1. The summed E-state index contributed by atoms with van der Waals surface area (Å²) in [5, 5.41) is 22.3. The number of benzene rings is 1. The molecule has 0 unspecified atom stereocenters. The van der Waals surface area contributed by atoms with E-state index in [0.717, 1.165) is 0 Å². The van der Waals surface area contributed by atoms with Crippen molar-refractivity contribution < 1.29 is 24.1 Å². The van der Waals surface area contributed by atoms with Gasteiger partial charge in [0.2, 0.25) is 5.75 Å². The second-order valence-electron chi connectivity index (χ2n) is 4.51. The molecule has 22 heavy (non-hydrogen) atoms. The average Bonchev–Trinajstić information content (AvgIpc) is 2.40. The highest BCUT2D eigenvalue weighted by Crippen LogP contribution is 2.42. The van der Waals surface area contributed by atoms with E-state index < -0.39 is 28.1 Å². The molecule has 9 nitrogen and oxygen atoms in total. The molecule has 120 valence electrons. The predicted molar refractivity (Wildman–Crippen MR) is 76.1 cm³/mol. The van der Waals surface area contributed by atoms with E-state index in [1.54, 1.807) is 6.92 Å². The Balaban J connectivity index is 3.41. The Morgan fingerprint density at radius 3 is 2.00 bits per heavy atom. The van der Waals surface area contributed by atoms with Crippen LogP contribution in [0.1, 0.15) is 23.6 Å². The molecule has 0 amide bonds. The number of nitrogens with zero attached hydrogens (tertiary/aromatic N) is 2. The monoisotopic (exact) mass is 312 g/mol. The lowest BCUT2D eigenvalue weighted by Gasteiger charge is -2.13. The van der Waals surface area contributed by atoms with Gasteiger partial charge in [0, 0.05) is 11.1 Å². The quantitative estimate of drug-likeness (QED) is 0.449. The van der Waals surface area contributed by atoms with E-state index in [0.29, 0.717) is 0 Å². The van der Waals surface area contributed by atoms with Crippen molar-refractivity contribution in [3.05, 3.63) is 36.9 Å². The summed E-state index contributed by atoms with van der Waals surface area (Å²) in [6.07, 6.45) is 0. The van der Waals surface area contributed by atoms with Crippen LogP contribution in [0.25, 0.3) is 0 Å². The summed E-state index contributed by atoms with van der Waals surface area (Å²) < 4.78 is 9.89. The molecule has 0 saturated carbocycles. The lowest BCUT2D eigenvalue weighted by atomic mass is 10.0. The van der Waals surface area contributed by atoms with Crippen LogP contribution in [0.15, 0.2) is 0 Å². The summed E-state index contributed by atoms with van der Waals surface area (Å²) >= 11 is 0. The molecule has 1 aromatic rings. The SMILES string of the molecule is CCOC(=O)COc1c(C)c(C)c([N+](=O)[O-])c(C)c1[N+](=O)[O-]. The number of esters is 1. The average molecular weight is 312 g/mol. The fourth-order valence-electron chi connectivity index (χ4n) is 2.09. The maximum atomic E-state index is 11.3. The summed E-state index contributed by atoms with van der Waals surface area (Å²) in [7, 11) is 0. The molecule has 1 rings (SSSR count).